The normalized spacial score (nSPS) is 12.8. The fraction of sp³-hybridized carbons (Fsp3) is 0.692. The molecule has 1 heterocycles. The van der Waals surface area contributed by atoms with Crippen LogP contribution in [-0.2, 0) is 0 Å². The molecule has 0 aliphatic heterocycles. The maximum Gasteiger partial charge on any atom is 0.234 e. The van der Waals surface area contributed by atoms with Crippen LogP contribution >= 0.6 is 0 Å². The minimum absolute atomic E-state index is 0.0931. The third-order valence-corrected chi connectivity index (χ3v) is 2.36. The largest absolute Gasteiger partial charge is 0.474 e. The highest BCUT2D eigenvalue weighted by atomic mass is 16.5. The monoisotopic (exact) mass is 252 g/mol. The fourth-order valence-electron chi connectivity index (χ4n) is 1.71. The van der Waals surface area contributed by atoms with Gasteiger partial charge >= 0.3 is 0 Å². The molecule has 0 radical (unpaired) electrons. The number of nitrogens with one attached hydrogen (secondary N) is 1. The average Bonchev–Trinajstić information content (AvgIpc) is 2.27. The van der Waals surface area contributed by atoms with E-state index in [4.69, 9.17) is 10.5 Å². The van der Waals surface area contributed by atoms with Gasteiger partial charge in [0.2, 0.25) is 5.88 Å². The quantitative estimate of drug-likeness (QED) is 0.777. The number of nitrogens with zero attached hydrogens (tertiary/aromatic N) is 2. The van der Waals surface area contributed by atoms with Crippen molar-refractivity contribution in [3.63, 3.8) is 0 Å². The molecule has 102 valence electrons. The minimum atomic E-state index is 0.0931. The zero-order valence-electron chi connectivity index (χ0n) is 11.7. The molecule has 1 aromatic rings. The van der Waals surface area contributed by atoms with E-state index in [9.17, 15) is 0 Å². The van der Waals surface area contributed by atoms with Crippen molar-refractivity contribution >= 4 is 5.82 Å². The van der Waals surface area contributed by atoms with Crippen LogP contribution < -0.4 is 15.8 Å². The van der Waals surface area contributed by atoms with E-state index in [1.165, 1.54) is 0 Å². The van der Waals surface area contributed by atoms with Gasteiger partial charge in [0.15, 0.2) is 0 Å². The third kappa shape index (κ3) is 5.31. The summed E-state index contributed by atoms with van der Waals surface area (Å²) in [6.45, 7) is 8.85. The maximum absolute atomic E-state index is 5.75. The van der Waals surface area contributed by atoms with Gasteiger partial charge in [-0.2, -0.15) is 4.98 Å². The Labute approximate surface area is 109 Å². The Bertz CT molecular complexity index is 355. The van der Waals surface area contributed by atoms with Gasteiger partial charge in [-0.1, -0.05) is 13.8 Å². The van der Waals surface area contributed by atoms with E-state index in [0.29, 0.717) is 24.2 Å². The zero-order valence-corrected chi connectivity index (χ0v) is 11.7. The Hall–Kier alpha value is -1.36. The van der Waals surface area contributed by atoms with Crippen LogP contribution in [0.4, 0.5) is 5.82 Å². The smallest absolute Gasteiger partial charge is 0.234 e. The summed E-state index contributed by atoms with van der Waals surface area (Å²) >= 11 is 0. The van der Waals surface area contributed by atoms with Gasteiger partial charge < -0.3 is 15.8 Å². The summed E-state index contributed by atoms with van der Waals surface area (Å²) in [6, 6.07) is 0.216. The van der Waals surface area contributed by atoms with E-state index in [-0.39, 0.29) is 12.1 Å². The van der Waals surface area contributed by atoms with Gasteiger partial charge in [0.05, 0.1) is 18.5 Å². The summed E-state index contributed by atoms with van der Waals surface area (Å²) in [5.41, 5.74) is 5.75. The van der Waals surface area contributed by atoms with Crippen molar-refractivity contribution < 1.29 is 4.74 Å². The first-order valence-electron chi connectivity index (χ1n) is 6.46. The molecule has 1 atom stereocenters. The number of nitrogens with two attached hydrogens (primary N) is 1. The summed E-state index contributed by atoms with van der Waals surface area (Å²) in [6.07, 6.45) is 4.41. The van der Waals surface area contributed by atoms with Crippen LogP contribution in [0.2, 0.25) is 0 Å². The Morgan fingerprint density at radius 2 is 2.00 bits per heavy atom. The number of aromatic nitrogens is 2. The number of rotatable bonds is 7. The van der Waals surface area contributed by atoms with Crippen molar-refractivity contribution in [3.05, 3.63) is 12.4 Å². The second kappa shape index (κ2) is 7.16. The molecule has 0 bridgehead atoms. The SMILES string of the molecule is CC(C)CC(CN)Nc1cncc(OC(C)C)n1. The highest BCUT2D eigenvalue weighted by Gasteiger charge is 2.10. The molecular formula is C13H24N4O. The summed E-state index contributed by atoms with van der Waals surface area (Å²) < 4.78 is 5.51. The van der Waals surface area contributed by atoms with E-state index >= 15 is 0 Å². The van der Waals surface area contributed by atoms with E-state index in [1.807, 2.05) is 13.8 Å². The summed E-state index contributed by atoms with van der Waals surface area (Å²) in [5, 5.41) is 3.30. The van der Waals surface area contributed by atoms with Gasteiger partial charge in [0.1, 0.15) is 5.82 Å². The van der Waals surface area contributed by atoms with E-state index < -0.39 is 0 Å². The predicted molar refractivity (Wildman–Crippen MR) is 73.7 cm³/mol. The molecular weight excluding hydrogens is 228 g/mol. The Balaban J connectivity index is 2.65. The lowest BCUT2D eigenvalue weighted by atomic mass is 10.0. The molecule has 0 saturated heterocycles. The molecule has 0 saturated carbocycles. The summed E-state index contributed by atoms with van der Waals surface area (Å²) in [4.78, 5) is 8.47. The predicted octanol–water partition coefficient (Wildman–Crippen LogP) is 2.05. The lowest BCUT2D eigenvalue weighted by Gasteiger charge is -2.19. The van der Waals surface area contributed by atoms with Crippen molar-refractivity contribution in [2.45, 2.75) is 46.3 Å². The van der Waals surface area contributed by atoms with Crippen molar-refractivity contribution in [3.8, 4) is 5.88 Å². The molecule has 0 aromatic carbocycles. The fourth-order valence-corrected chi connectivity index (χ4v) is 1.71. The molecule has 1 aromatic heterocycles. The van der Waals surface area contributed by atoms with Crippen LogP contribution in [0.5, 0.6) is 5.88 Å². The molecule has 0 aliphatic carbocycles. The molecule has 0 fully saturated rings. The average molecular weight is 252 g/mol. The Kier molecular flexibility index (Phi) is 5.85. The third-order valence-electron chi connectivity index (χ3n) is 2.36. The van der Waals surface area contributed by atoms with E-state index in [2.05, 4.69) is 29.1 Å². The second-order valence-corrected chi connectivity index (χ2v) is 5.12. The van der Waals surface area contributed by atoms with Gasteiger partial charge in [-0.3, -0.25) is 4.98 Å². The lowest BCUT2D eigenvalue weighted by molar-refractivity contribution is 0.232. The van der Waals surface area contributed by atoms with Gasteiger partial charge in [-0.25, -0.2) is 0 Å². The number of ether oxygens (including phenoxy) is 1. The summed E-state index contributed by atoms with van der Waals surface area (Å²) in [5.74, 6) is 1.84. The van der Waals surface area contributed by atoms with E-state index in [0.717, 1.165) is 6.42 Å². The summed E-state index contributed by atoms with van der Waals surface area (Å²) in [7, 11) is 0. The Morgan fingerprint density at radius 1 is 1.28 bits per heavy atom. The van der Waals surface area contributed by atoms with Crippen molar-refractivity contribution in [2.24, 2.45) is 11.7 Å². The molecule has 5 heteroatoms. The van der Waals surface area contributed by atoms with Crippen LogP contribution in [0.1, 0.15) is 34.1 Å². The molecule has 1 unspecified atom stereocenters. The first kappa shape index (κ1) is 14.7. The zero-order chi connectivity index (χ0) is 13.5. The minimum Gasteiger partial charge on any atom is -0.474 e. The lowest BCUT2D eigenvalue weighted by Crippen LogP contribution is -2.30. The van der Waals surface area contributed by atoms with Crippen molar-refractivity contribution in [1.82, 2.24) is 9.97 Å². The first-order chi connectivity index (χ1) is 8.51. The van der Waals surface area contributed by atoms with Crippen molar-refractivity contribution in [2.75, 3.05) is 11.9 Å². The molecule has 18 heavy (non-hydrogen) atoms. The van der Waals surface area contributed by atoms with Crippen LogP contribution in [-0.4, -0.2) is 28.7 Å². The molecule has 0 spiro atoms. The molecule has 5 nitrogen and oxygen atoms in total. The Morgan fingerprint density at radius 3 is 2.56 bits per heavy atom. The van der Waals surface area contributed by atoms with Crippen molar-refractivity contribution in [1.29, 1.82) is 0 Å². The molecule has 0 aliphatic rings. The van der Waals surface area contributed by atoms with Gasteiger partial charge in [-0.15, -0.1) is 0 Å². The second-order valence-electron chi connectivity index (χ2n) is 5.12. The first-order valence-corrected chi connectivity index (χ1v) is 6.46. The van der Waals surface area contributed by atoms with Crippen LogP contribution in [0.25, 0.3) is 0 Å². The van der Waals surface area contributed by atoms with Gasteiger partial charge in [-0.05, 0) is 26.2 Å². The molecule has 0 amide bonds. The van der Waals surface area contributed by atoms with Crippen LogP contribution in [0, 0.1) is 5.92 Å². The van der Waals surface area contributed by atoms with Gasteiger partial charge in [0.25, 0.3) is 0 Å². The highest BCUT2D eigenvalue weighted by molar-refractivity contribution is 5.34. The standard InChI is InChI=1S/C13H24N4O/c1-9(2)5-11(6-14)16-12-7-15-8-13(17-12)18-10(3)4/h7-11H,5-6,14H2,1-4H3,(H,16,17). The number of hydrogen-bond donors (Lipinski definition) is 2. The maximum atomic E-state index is 5.75. The highest BCUT2D eigenvalue weighted by Crippen LogP contribution is 2.13. The molecule has 3 N–H and O–H groups in total. The van der Waals surface area contributed by atoms with Crippen LogP contribution in [0.3, 0.4) is 0 Å². The van der Waals surface area contributed by atoms with E-state index in [1.54, 1.807) is 12.4 Å². The van der Waals surface area contributed by atoms with Crippen LogP contribution in [0.15, 0.2) is 12.4 Å². The number of hydrogen-bond acceptors (Lipinski definition) is 5. The molecule has 1 rings (SSSR count). The topological polar surface area (TPSA) is 73.1 Å². The number of anilines is 1. The van der Waals surface area contributed by atoms with Gasteiger partial charge in [0, 0.05) is 12.6 Å².